The Balaban J connectivity index is 2.36. The number of rotatable bonds is 6. The highest BCUT2D eigenvalue weighted by atomic mass is 35.5. The Morgan fingerprint density at radius 2 is 1.95 bits per heavy atom. The van der Waals surface area contributed by atoms with E-state index >= 15 is 0 Å². The first-order chi connectivity index (χ1) is 9.09. The van der Waals surface area contributed by atoms with E-state index in [1.807, 2.05) is 0 Å². The summed E-state index contributed by atoms with van der Waals surface area (Å²) in [7, 11) is -1.69. The van der Waals surface area contributed by atoms with Crippen LogP contribution in [0, 0.1) is 11.2 Å². The van der Waals surface area contributed by atoms with Gasteiger partial charge in [-0.1, -0.05) is 32.4 Å². The molecule has 0 amide bonds. The maximum Gasteiger partial charge on any atom is 0.187 e. The fourth-order valence-corrected chi connectivity index (χ4v) is 5.68. The van der Waals surface area contributed by atoms with Crippen LogP contribution in [0.5, 0.6) is 5.75 Å². The molecule has 20 heavy (non-hydrogen) atoms. The maximum absolute atomic E-state index is 13.2. The van der Waals surface area contributed by atoms with Gasteiger partial charge in [0.1, 0.15) is 12.4 Å². The van der Waals surface area contributed by atoms with Gasteiger partial charge in [0, 0.05) is 6.07 Å². The van der Waals surface area contributed by atoms with Crippen molar-refractivity contribution in [3.63, 3.8) is 0 Å². The lowest BCUT2D eigenvalue weighted by Crippen LogP contribution is -2.36. The first-order valence-corrected chi connectivity index (χ1v) is 10.2. The molecule has 0 bridgehead atoms. The molecule has 0 radical (unpaired) electrons. The van der Waals surface area contributed by atoms with Gasteiger partial charge in [-0.15, -0.1) is 0 Å². The van der Waals surface area contributed by atoms with Crippen molar-refractivity contribution in [3.8, 4) is 5.75 Å². The fraction of sp³-hybridized carbons (Fsp3) is 0.643. The second kappa shape index (κ2) is 6.87. The van der Waals surface area contributed by atoms with E-state index in [0.717, 1.165) is 6.04 Å². The van der Waals surface area contributed by atoms with E-state index in [-0.39, 0.29) is 10.6 Å². The molecule has 0 spiro atoms. The molecule has 0 saturated heterocycles. The van der Waals surface area contributed by atoms with E-state index < -0.39 is 14.1 Å². The predicted molar refractivity (Wildman–Crippen MR) is 82.4 cm³/mol. The third kappa shape index (κ3) is 6.68. The minimum atomic E-state index is -1.69. The molecule has 1 rings (SSSR count). The normalized spacial score (nSPS) is 12.6. The van der Waals surface area contributed by atoms with Crippen LogP contribution >= 0.6 is 11.6 Å². The summed E-state index contributed by atoms with van der Waals surface area (Å²) in [4.78, 5) is 3.69. The van der Waals surface area contributed by atoms with Crippen molar-refractivity contribution in [3.05, 3.63) is 23.2 Å². The highest BCUT2D eigenvalue weighted by Gasteiger charge is 2.28. The third-order valence-corrected chi connectivity index (χ3v) is 5.75. The topological polar surface area (TPSA) is 31.4 Å². The summed E-state index contributed by atoms with van der Waals surface area (Å²) < 4.78 is 24.5. The monoisotopic (exact) mass is 319 g/mol. The molecule has 1 heterocycles. The van der Waals surface area contributed by atoms with Crippen LogP contribution in [-0.2, 0) is 4.43 Å². The predicted octanol–water partition coefficient (Wildman–Crippen LogP) is 4.52. The van der Waals surface area contributed by atoms with E-state index in [1.165, 1.54) is 12.3 Å². The minimum Gasteiger partial charge on any atom is -0.490 e. The minimum absolute atomic E-state index is 0.146. The van der Waals surface area contributed by atoms with Gasteiger partial charge in [0.05, 0.1) is 12.8 Å². The van der Waals surface area contributed by atoms with E-state index in [4.69, 9.17) is 20.8 Å². The molecule has 1 aromatic rings. The van der Waals surface area contributed by atoms with Crippen molar-refractivity contribution >= 4 is 19.9 Å². The first-order valence-electron chi connectivity index (χ1n) is 6.67. The zero-order valence-corrected chi connectivity index (χ0v) is 14.6. The lowest BCUT2D eigenvalue weighted by Gasteiger charge is -2.30. The summed E-state index contributed by atoms with van der Waals surface area (Å²) in [5.74, 6) is -0.210. The van der Waals surface area contributed by atoms with Crippen LogP contribution in [0.15, 0.2) is 12.3 Å². The maximum atomic E-state index is 13.2. The van der Waals surface area contributed by atoms with Gasteiger partial charge in [-0.3, -0.25) is 0 Å². The van der Waals surface area contributed by atoms with Crippen LogP contribution in [-0.4, -0.2) is 26.5 Å². The van der Waals surface area contributed by atoms with Gasteiger partial charge in [0.15, 0.2) is 19.3 Å². The number of aromatic nitrogens is 1. The molecule has 0 aliphatic rings. The van der Waals surface area contributed by atoms with Crippen LogP contribution in [0.3, 0.4) is 0 Å². The Labute approximate surface area is 126 Å². The Morgan fingerprint density at radius 3 is 2.50 bits per heavy atom. The standard InChI is InChI=1S/C14H23ClFNO2Si/c1-14(2,3)10-20(4,5)19-7-6-18-11-8-12(16)13(15)17-9-11/h8-9H,6-7,10H2,1-5H3. The Morgan fingerprint density at radius 1 is 1.30 bits per heavy atom. The van der Waals surface area contributed by atoms with Crippen LogP contribution in [0.25, 0.3) is 0 Å². The Kier molecular flexibility index (Phi) is 5.98. The number of pyridine rings is 1. The van der Waals surface area contributed by atoms with Crippen LogP contribution in [0.2, 0.25) is 24.3 Å². The zero-order chi connectivity index (χ0) is 15.4. The van der Waals surface area contributed by atoms with E-state index in [1.54, 1.807) is 0 Å². The summed E-state index contributed by atoms with van der Waals surface area (Å²) in [5.41, 5.74) is 0.264. The van der Waals surface area contributed by atoms with Crippen molar-refractivity contribution in [1.29, 1.82) is 0 Å². The molecule has 0 aromatic carbocycles. The van der Waals surface area contributed by atoms with Crippen molar-refractivity contribution in [2.75, 3.05) is 13.2 Å². The molecule has 6 heteroatoms. The molecule has 1 aromatic heterocycles. The number of nitrogens with zero attached hydrogens (tertiary/aromatic N) is 1. The summed E-state index contributed by atoms with van der Waals surface area (Å²) in [6, 6.07) is 2.31. The van der Waals surface area contributed by atoms with Crippen molar-refractivity contribution in [2.24, 2.45) is 5.41 Å². The summed E-state index contributed by atoms with van der Waals surface area (Å²) >= 11 is 5.50. The molecule has 0 saturated carbocycles. The number of halogens is 2. The lowest BCUT2D eigenvalue weighted by molar-refractivity contribution is 0.205. The van der Waals surface area contributed by atoms with E-state index in [2.05, 4.69) is 38.8 Å². The molecule has 0 N–H and O–H groups in total. The smallest absolute Gasteiger partial charge is 0.187 e. The molecule has 114 valence electrons. The fourth-order valence-electron chi connectivity index (χ4n) is 2.29. The highest BCUT2D eigenvalue weighted by molar-refractivity contribution is 6.71. The molecular formula is C14H23ClFNO2Si. The average Bonchev–Trinajstić information content (AvgIpc) is 2.26. The molecule has 0 aliphatic heterocycles. The summed E-state index contributed by atoms with van der Waals surface area (Å²) in [6.45, 7) is 11.9. The number of hydrogen-bond donors (Lipinski definition) is 0. The SMILES string of the molecule is CC(C)(C)C[Si](C)(C)OCCOc1cnc(Cl)c(F)c1. The quantitative estimate of drug-likeness (QED) is 0.439. The van der Waals surface area contributed by atoms with E-state index in [9.17, 15) is 4.39 Å². The lowest BCUT2D eigenvalue weighted by atomic mass is 10.0. The Bertz CT molecular complexity index is 449. The zero-order valence-electron chi connectivity index (χ0n) is 12.8. The number of ether oxygens (including phenoxy) is 1. The summed E-state index contributed by atoms with van der Waals surface area (Å²) in [6.07, 6.45) is 1.41. The summed E-state index contributed by atoms with van der Waals surface area (Å²) in [5, 5.41) is -0.146. The van der Waals surface area contributed by atoms with Gasteiger partial charge < -0.3 is 9.16 Å². The third-order valence-electron chi connectivity index (χ3n) is 2.57. The molecule has 0 unspecified atom stereocenters. The molecular weight excluding hydrogens is 297 g/mol. The molecule has 0 fully saturated rings. The number of hydrogen-bond acceptors (Lipinski definition) is 3. The van der Waals surface area contributed by atoms with Crippen molar-refractivity contribution in [2.45, 2.75) is 39.9 Å². The van der Waals surface area contributed by atoms with Gasteiger partial charge in [0.2, 0.25) is 0 Å². The van der Waals surface area contributed by atoms with Crippen LogP contribution in [0.4, 0.5) is 4.39 Å². The van der Waals surface area contributed by atoms with Crippen LogP contribution < -0.4 is 4.74 Å². The van der Waals surface area contributed by atoms with E-state index in [0.29, 0.717) is 19.0 Å². The highest BCUT2D eigenvalue weighted by Crippen LogP contribution is 2.28. The molecule has 0 aliphatic carbocycles. The molecule has 3 nitrogen and oxygen atoms in total. The van der Waals surface area contributed by atoms with Gasteiger partial charge in [-0.2, -0.15) is 0 Å². The van der Waals surface area contributed by atoms with Crippen molar-refractivity contribution < 1.29 is 13.6 Å². The van der Waals surface area contributed by atoms with Gasteiger partial charge in [-0.25, -0.2) is 9.37 Å². The second-order valence-corrected chi connectivity index (χ2v) is 11.2. The van der Waals surface area contributed by atoms with Crippen LogP contribution in [0.1, 0.15) is 20.8 Å². The van der Waals surface area contributed by atoms with Crippen molar-refractivity contribution in [1.82, 2.24) is 4.98 Å². The Hall–Kier alpha value is -0.653. The average molecular weight is 320 g/mol. The van der Waals surface area contributed by atoms with Gasteiger partial charge >= 0.3 is 0 Å². The first kappa shape index (κ1) is 17.4. The molecule has 0 atom stereocenters. The van der Waals surface area contributed by atoms with Gasteiger partial charge in [-0.05, 0) is 24.6 Å². The van der Waals surface area contributed by atoms with Gasteiger partial charge in [0.25, 0.3) is 0 Å². The second-order valence-electron chi connectivity index (χ2n) is 6.64. The largest absolute Gasteiger partial charge is 0.490 e.